The van der Waals surface area contributed by atoms with Gasteiger partial charge in [0, 0.05) is 12.1 Å². The van der Waals surface area contributed by atoms with Gasteiger partial charge >= 0.3 is 0 Å². The molecule has 0 aromatic carbocycles. The predicted octanol–water partition coefficient (Wildman–Crippen LogP) is 3.60. The van der Waals surface area contributed by atoms with Crippen LogP contribution in [0.1, 0.15) is 55.0 Å². The molecule has 1 fully saturated rings. The first-order valence-electron chi connectivity index (χ1n) is 9.70. The fourth-order valence-electron chi connectivity index (χ4n) is 3.44. The maximum absolute atomic E-state index is 13.1. The van der Waals surface area contributed by atoms with E-state index in [1.807, 2.05) is 28.3 Å². The molecule has 0 unspecified atom stereocenters. The van der Waals surface area contributed by atoms with Crippen LogP contribution in [-0.4, -0.2) is 35.4 Å². The molecule has 1 amide bonds. The molecule has 8 nitrogen and oxygen atoms in total. The number of nitrogens with one attached hydrogen (secondary N) is 1. The number of carbonyl (C=O) groups is 1. The Morgan fingerprint density at radius 2 is 2.24 bits per heavy atom. The minimum Gasteiger partial charge on any atom is -0.345 e. The first-order chi connectivity index (χ1) is 14.1. The van der Waals surface area contributed by atoms with Crippen LogP contribution in [0.25, 0.3) is 21.6 Å². The summed E-state index contributed by atoms with van der Waals surface area (Å²) in [6, 6.07) is 6.46. The van der Waals surface area contributed by atoms with Crippen molar-refractivity contribution in [1.82, 2.24) is 34.8 Å². The molecule has 0 spiro atoms. The van der Waals surface area contributed by atoms with E-state index in [-0.39, 0.29) is 11.9 Å². The van der Waals surface area contributed by atoms with Gasteiger partial charge in [0.2, 0.25) is 0 Å². The van der Waals surface area contributed by atoms with E-state index in [1.165, 1.54) is 0 Å². The van der Waals surface area contributed by atoms with Crippen molar-refractivity contribution in [2.45, 2.75) is 45.3 Å². The zero-order chi connectivity index (χ0) is 20.0. The van der Waals surface area contributed by atoms with Gasteiger partial charge in [-0.2, -0.15) is 5.10 Å². The lowest BCUT2D eigenvalue weighted by Gasteiger charge is -2.11. The molecular formula is C20H21N7OS. The average Bonchev–Trinajstić information content (AvgIpc) is 3.15. The average molecular weight is 408 g/mol. The van der Waals surface area contributed by atoms with Crippen LogP contribution in [0.15, 0.2) is 36.1 Å². The third-order valence-corrected chi connectivity index (χ3v) is 5.96. The summed E-state index contributed by atoms with van der Waals surface area (Å²) in [5.74, 6) is 0.617. The number of fused-ring (bicyclic) bond motifs is 1. The van der Waals surface area contributed by atoms with E-state index in [1.54, 1.807) is 23.9 Å². The highest BCUT2D eigenvalue weighted by molar-refractivity contribution is 7.13. The van der Waals surface area contributed by atoms with Crippen LogP contribution in [-0.2, 0) is 6.54 Å². The monoisotopic (exact) mass is 407 g/mol. The fraction of sp³-hybridized carbons (Fsp3) is 0.350. The van der Waals surface area contributed by atoms with E-state index in [0.717, 1.165) is 40.3 Å². The van der Waals surface area contributed by atoms with Crippen molar-refractivity contribution in [3.63, 3.8) is 0 Å². The lowest BCUT2D eigenvalue weighted by Crippen LogP contribution is -2.25. The number of aromatic nitrogens is 6. The Labute approximate surface area is 171 Å². The lowest BCUT2D eigenvalue weighted by molar-refractivity contribution is 0.0951. The smallest absolute Gasteiger partial charge is 0.252 e. The van der Waals surface area contributed by atoms with Crippen molar-refractivity contribution < 1.29 is 4.79 Å². The summed E-state index contributed by atoms with van der Waals surface area (Å²) in [7, 11) is 0. The number of hydrogen-bond acceptors (Lipinski definition) is 6. The molecule has 4 aromatic rings. The van der Waals surface area contributed by atoms with Gasteiger partial charge in [-0.15, -0.1) is 21.5 Å². The molecule has 0 aliphatic heterocycles. The summed E-state index contributed by atoms with van der Waals surface area (Å²) in [6.07, 6.45) is 5.75. The van der Waals surface area contributed by atoms with E-state index in [0.29, 0.717) is 18.2 Å². The zero-order valence-corrected chi connectivity index (χ0v) is 17.1. The molecular weight excluding hydrogens is 386 g/mol. The van der Waals surface area contributed by atoms with Gasteiger partial charge in [-0.25, -0.2) is 9.67 Å². The van der Waals surface area contributed by atoms with Gasteiger partial charge < -0.3 is 9.88 Å². The van der Waals surface area contributed by atoms with Gasteiger partial charge in [-0.05, 0) is 44.2 Å². The Morgan fingerprint density at radius 1 is 1.38 bits per heavy atom. The van der Waals surface area contributed by atoms with Gasteiger partial charge in [0.05, 0.1) is 34.3 Å². The fourth-order valence-corrected chi connectivity index (χ4v) is 4.13. The van der Waals surface area contributed by atoms with Crippen LogP contribution in [0.5, 0.6) is 0 Å². The number of thiophene rings is 1. The van der Waals surface area contributed by atoms with Crippen LogP contribution in [0.4, 0.5) is 0 Å². The Balaban J connectivity index is 1.50. The van der Waals surface area contributed by atoms with Crippen LogP contribution in [0.3, 0.4) is 0 Å². The van der Waals surface area contributed by atoms with Crippen molar-refractivity contribution in [3.05, 3.63) is 47.5 Å². The van der Waals surface area contributed by atoms with Gasteiger partial charge in [-0.3, -0.25) is 4.79 Å². The highest BCUT2D eigenvalue weighted by atomic mass is 32.1. The number of nitrogens with zero attached hydrogens (tertiary/aromatic N) is 6. The molecule has 0 bridgehead atoms. The third kappa shape index (κ3) is 3.31. The van der Waals surface area contributed by atoms with Crippen LogP contribution in [0, 0.1) is 0 Å². The standard InChI is InChI=1S/C20H21N7OS/c1-12(2)27-19-15(9-23-27)14(8-16(24-19)17-4-3-7-29-17)20(28)21-10-18-25-22-11-26(18)13-5-6-13/h3-4,7-9,11-13H,5-6,10H2,1-2H3,(H,21,28). The molecule has 148 valence electrons. The minimum absolute atomic E-state index is 0.145. The van der Waals surface area contributed by atoms with E-state index in [2.05, 4.69) is 39.0 Å². The van der Waals surface area contributed by atoms with Crippen LogP contribution in [0.2, 0.25) is 0 Å². The summed E-state index contributed by atoms with van der Waals surface area (Å²) in [6.45, 7) is 4.44. The van der Waals surface area contributed by atoms with Gasteiger partial charge in [-0.1, -0.05) is 6.07 Å². The molecule has 0 atom stereocenters. The van der Waals surface area contributed by atoms with Gasteiger partial charge in [0.25, 0.3) is 5.91 Å². The topological polar surface area (TPSA) is 90.5 Å². The number of rotatable bonds is 6. The second-order valence-electron chi connectivity index (χ2n) is 7.52. The lowest BCUT2D eigenvalue weighted by atomic mass is 10.1. The molecule has 1 aliphatic rings. The van der Waals surface area contributed by atoms with E-state index in [4.69, 9.17) is 4.98 Å². The van der Waals surface area contributed by atoms with Crippen molar-refractivity contribution >= 4 is 28.3 Å². The first-order valence-corrected chi connectivity index (χ1v) is 10.6. The Bertz CT molecular complexity index is 1170. The normalized spacial score (nSPS) is 14.0. The van der Waals surface area contributed by atoms with Gasteiger partial charge in [0.1, 0.15) is 6.33 Å². The van der Waals surface area contributed by atoms with Crippen LogP contribution >= 0.6 is 11.3 Å². The maximum Gasteiger partial charge on any atom is 0.252 e. The molecule has 5 rings (SSSR count). The Kier molecular flexibility index (Phi) is 4.39. The number of carbonyl (C=O) groups excluding carboxylic acids is 1. The molecule has 29 heavy (non-hydrogen) atoms. The second kappa shape index (κ2) is 7.07. The molecule has 4 heterocycles. The number of pyridine rings is 1. The zero-order valence-electron chi connectivity index (χ0n) is 16.2. The predicted molar refractivity (Wildman–Crippen MR) is 111 cm³/mol. The first kappa shape index (κ1) is 18.0. The van der Waals surface area contributed by atoms with Gasteiger partial charge in [0.15, 0.2) is 11.5 Å². The molecule has 0 radical (unpaired) electrons. The quantitative estimate of drug-likeness (QED) is 0.527. The summed E-state index contributed by atoms with van der Waals surface area (Å²) in [5.41, 5.74) is 2.07. The SMILES string of the molecule is CC(C)n1ncc2c(C(=O)NCc3nncn3C3CC3)cc(-c3cccs3)nc21. The highest BCUT2D eigenvalue weighted by Gasteiger charge is 2.26. The Morgan fingerprint density at radius 3 is 2.97 bits per heavy atom. The molecule has 0 saturated heterocycles. The van der Waals surface area contributed by atoms with Crippen molar-refractivity contribution in [2.75, 3.05) is 0 Å². The van der Waals surface area contributed by atoms with E-state index in [9.17, 15) is 4.79 Å². The van der Waals surface area contributed by atoms with Crippen LogP contribution < -0.4 is 5.32 Å². The minimum atomic E-state index is -0.163. The second-order valence-corrected chi connectivity index (χ2v) is 8.47. The summed E-state index contributed by atoms with van der Waals surface area (Å²) >= 11 is 1.60. The summed E-state index contributed by atoms with van der Waals surface area (Å²) in [4.78, 5) is 18.9. The van der Waals surface area contributed by atoms with E-state index >= 15 is 0 Å². The van der Waals surface area contributed by atoms with Crippen molar-refractivity contribution in [3.8, 4) is 10.6 Å². The number of amides is 1. The number of hydrogen-bond donors (Lipinski definition) is 1. The molecule has 1 aliphatic carbocycles. The van der Waals surface area contributed by atoms with Crippen molar-refractivity contribution in [2.24, 2.45) is 0 Å². The maximum atomic E-state index is 13.1. The van der Waals surface area contributed by atoms with Crippen molar-refractivity contribution in [1.29, 1.82) is 0 Å². The Hall–Kier alpha value is -3.07. The molecule has 9 heteroatoms. The van der Waals surface area contributed by atoms with E-state index < -0.39 is 0 Å². The third-order valence-electron chi connectivity index (χ3n) is 5.07. The summed E-state index contributed by atoms with van der Waals surface area (Å²) < 4.78 is 3.91. The molecule has 4 aromatic heterocycles. The highest BCUT2D eigenvalue weighted by Crippen LogP contribution is 2.35. The largest absolute Gasteiger partial charge is 0.345 e. The molecule has 1 saturated carbocycles. The summed E-state index contributed by atoms with van der Waals surface area (Å²) in [5, 5.41) is 18.4. The molecule has 1 N–H and O–H groups in total.